The van der Waals surface area contributed by atoms with E-state index in [1.54, 1.807) is 13.8 Å². The molecule has 0 aliphatic carbocycles. The molecule has 1 N–H and O–H groups in total. The molecule has 0 aromatic carbocycles. The average Bonchev–Trinajstić information content (AvgIpc) is 2.64. The van der Waals surface area contributed by atoms with E-state index in [1.807, 2.05) is 6.08 Å². The highest BCUT2D eigenvalue weighted by Crippen LogP contribution is 2.04. The lowest BCUT2D eigenvalue weighted by Gasteiger charge is -2.15. The van der Waals surface area contributed by atoms with Gasteiger partial charge in [-0.2, -0.15) is 0 Å². The van der Waals surface area contributed by atoms with E-state index in [9.17, 15) is 9.90 Å². The molecule has 0 radical (unpaired) electrons. The lowest BCUT2D eigenvalue weighted by molar-refractivity contribution is -0.152. The first kappa shape index (κ1) is 25.4. The fraction of sp³-hybridized carbons (Fsp3) is 0.625. The van der Waals surface area contributed by atoms with E-state index in [-0.39, 0.29) is 5.97 Å². The zero-order valence-electron chi connectivity index (χ0n) is 17.6. The van der Waals surface area contributed by atoms with Crippen LogP contribution in [0, 0.1) is 0 Å². The number of ether oxygens (including phenoxy) is 1. The van der Waals surface area contributed by atoms with Gasteiger partial charge >= 0.3 is 5.97 Å². The van der Waals surface area contributed by atoms with Crippen molar-refractivity contribution in [3.05, 3.63) is 48.6 Å². The zero-order chi connectivity index (χ0) is 20.2. The maximum Gasteiger partial charge on any atom is 0.306 e. The minimum atomic E-state index is -0.629. The maximum absolute atomic E-state index is 11.5. The fourth-order valence-electron chi connectivity index (χ4n) is 2.30. The molecule has 3 nitrogen and oxygen atoms in total. The van der Waals surface area contributed by atoms with Crippen LogP contribution in [-0.4, -0.2) is 23.3 Å². The van der Waals surface area contributed by atoms with Gasteiger partial charge in [0, 0.05) is 6.42 Å². The Kier molecular flexibility index (Phi) is 18.0. The minimum absolute atomic E-state index is 0.260. The molecule has 3 heteroatoms. The summed E-state index contributed by atoms with van der Waals surface area (Å²) in [5.74, 6) is -0.260. The van der Waals surface area contributed by atoms with E-state index in [4.69, 9.17) is 4.74 Å². The van der Waals surface area contributed by atoms with Crippen LogP contribution in [0.5, 0.6) is 0 Å². The van der Waals surface area contributed by atoms with Gasteiger partial charge in [-0.25, -0.2) is 0 Å². The molecule has 2 atom stereocenters. The highest BCUT2D eigenvalue weighted by atomic mass is 16.6. The molecule has 0 fully saturated rings. The molecular formula is C24H40O3. The third-order valence-corrected chi connectivity index (χ3v) is 4.22. The predicted molar refractivity (Wildman–Crippen MR) is 116 cm³/mol. The third-order valence-electron chi connectivity index (χ3n) is 4.22. The van der Waals surface area contributed by atoms with Gasteiger partial charge in [0.2, 0.25) is 0 Å². The molecule has 0 bridgehead atoms. The van der Waals surface area contributed by atoms with Crippen LogP contribution in [0.15, 0.2) is 48.6 Å². The molecule has 154 valence electrons. The van der Waals surface area contributed by atoms with E-state index >= 15 is 0 Å². The molecule has 2 unspecified atom stereocenters. The van der Waals surface area contributed by atoms with Crippen LogP contribution in [-0.2, 0) is 9.53 Å². The lowest BCUT2D eigenvalue weighted by atomic mass is 10.1. The molecule has 0 aliphatic heterocycles. The van der Waals surface area contributed by atoms with Crippen molar-refractivity contribution in [3.63, 3.8) is 0 Å². The molecule has 0 aromatic rings. The van der Waals surface area contributed by atoms with Crippen molar-refractivity contribution in [1.29, 1.82) is 0 Å². The van der Waals surface area contributed by atoms with E-state index in [2.05, 4.69) is 49.5 Å². The molecule has 0 rings (SSSR count). The number of allylic oxidation sites excluding steroid dienone is 8. The summed E-state index contributed by atoms with van der Waals surface area (Å²) in [6.45, 7) is 5.56. The highest BCUT2D eigenvalue weighted by molar-refractivity contribution is 5.69. The summed E-state index contributed by atoms with van der Waals surface area (Å²) in [4.78, 5) is 11.5. The van der Waals surface area contributed by atoms with E-state index in [1.165, 1.54) is 32.1 Å². The third kappa shape index (κ3) is 19.0. The average molecular weight is 377 g/mol. The monoisotopic (exact) mass is 376 g/mol. The Bertz CT molecular complexity index is 458. The predicted octanol–water partition coefficient (Wildman–Crippen LogP) is 6.44. The Morgan fingerprint density at radius 3 is 1.85 bits per heavy atom. The SMILES string of the molecule is CCCCCCC=CCC=CCC=CCC=CCCC(=O)OC(C)C(C)O. The molecule has 0 spiro atoms. The summed E-state index contributed by atoms with van der Waals surface area (Å²) in [5.41, 5.74) is 0. The highest BCUT2D eigenvalue weighted by Gasteiger charge is 2.13. The standard InChI is InChI=1S/C24H40O3/c1-4-5-6-7-8-9-10-11-12-13-14-15-16-17-18-19-20-21-24(26)27-23(3)22(2)25/h9-10,12-13,15-16,18-19,22-23,25H,4-8,11,14,17,20-21H2,1-3H3. The van der Waals surface area contributed by atoms with Crippen molar-refractivity contribution in [2.45, 2.75) is 97.2 Å². The summed E-state index contributed by atoms with van der Waals surface area (Å²) < 4.78 is 5.09. The number of esters is 1. The van der Waals surface area contributed by atoms with Crippen LogP contribution in [0.3, 0.4) is 0 Å². The molecule has 0 amide bonds. The first-order valence-corrected chi connectivity index (χ1v) is 10.6. The van der Waals surface area contributed by atoms with Gasteiger partial charge in [-0.05, 0) is 52.4 Å². The lowest BCUT2D eigenvalue weighted by Crippen LogP contribution is -2.25. The number of carbonyl (C=O) groups is 1. The quantitative estimate of drug-likeness (QED) is 0.191. The normalized spacial score (nSPS) is 14.7. The number of rotatable bonds is 16. The Labute approximate surface area is 166 Å². The number of hydrogen-bond acceptors (Lipinski definition) is 3. The van der Waals surface area contributed by atoms with Crippen molar-refractivity contribution >= 4 is 5.97 Å². The number of hydrogen-bond donors (Lipinski definition) is 1. The summed E-state index contributed by atoms with van der Waals surface area (Å²) >= 11 is 0. The van der Waals surface area contributed by atoms with Gasteiger partial charge in [-0.3, -0.25) is 4.79 Å². The summed E-state index contributed by atoms with van der Waals surface area (Å²) in [6, 6.07) is 0. The topological polar surface area (TPSA) is 46.5 Å². The summed E-state index contributed by atoms with van der Waals surface area (Å²) in [5, 5.41) is 9.28. The number of aliphatic hydroxyl groups excluding tert-OH is 1. The number of aliphatic hydroxyl groups is 1. The first-order chi connectivity index (χ1) is 13.1. The first-order valence-electron chi connectivity index (χ1n) is 10.6. The summed E-state index contributed by atoms with van der Waals surface area (Å²) in [7, 11) is 0. The number of carbonyl (C=O) groups excluding carboxylic acids is 1. The molecule has 0 heterocycles. The zero-order valence-corrected chi connectivity index (χ0v) is 17.6. The molecule has 0 aromatic heterocycles. The van der Waals surface area contributed by atoms with Crippen molar-refractivity contribution < 1.29 is 14.6 Å². The molecule has 0 saturated heterocycles. The number of unbranched alkanes of at least 4 members (excludes halogenated alkanes) is 4. The van der Waals surface area contributed by atoms with Gasteiger partial charge in [-0.15, -0.1) is 0 Å². The van der Waals surface area contributed by atoms with Crippen LogP contribution in [0.25, 0.3) is 0 Å². The van der Waals surface area contributed by atoms with Crippen LogP contribution in [0.1, 0.15) is 85.0 Å². The van der Waals surface area contributed by atoms with Gasteiger partial charge in [0.1, 0.15) is 6.10 Å². The molecule has 0 aliphatic rings. The molecular weight excluding hydrogens is 336 g/mol. The van der Waals surface area contributed by atoms with Crippen LogP contribution < -0.4 is 0 Å². The van der Waals surface area contributed by atoms with Crippen LogP contribution in [0.2, 0.25) is 0 Å². The van der Waals surface area contributed by atoms with Crippen molar-refractivity contribution in [1.82, 2.24) is 0 Å². The second-order valence-electron chi connectivity index (χ2n) is 6.92. The van der Waals surface area contributed by atoms with Gasteiger partial charge < -0.3 is 9.84 Å². The Morgan fingerprint density at radius 2 is 1.33 bits per heavy atom. The van der Waals surface area contributed by atoms with Crippen LogP contribution in [0.4, 0.5) is 0 Å². The van der Waals surface area contributed by atoms with Crippen LogP contribution >= 0.6 is 0 Å². The van der Waals surface area contributed by atoms with Gasteiger partial charge in [0.15, 0.2) is 0 Å². The summed E-state index contributed by atoms with van der Waals surface area (Å²) in [6.07, 6.45) is 26.6. The Balaban J connectivity index is 3.57. The van der Waals surface area contributed by atoms with Crippen molar-refractivity contribution in [2.24, 2.45) is 0 Å². The Morgan fingerprint density at radius 1 is 0.815 bits per heavy atom. The van der Waals surface area contributed by atoms with Gasteiger partial charge in [-0.1, -0.05) is 74.8 Å². The van der Waals surface area contributed by atoms with Gasteiger partial charge in [0.25, 0.3) is 0 Å². The Hall–Kier alpha value is -1.61. The molecule has 27 heavy (non-hydrogen) atoms. The molecule has 0 saturated carbocycles. The minimum Gasteiger partial charge on any atom is -0.460 e. The fourth-order valence-corrected chi connectivity index (χ4v) is 2.30. The van der Waals surface area contributed by atoms with E-state index < -0.39 is 12.2 Å². The van der Waals surface area contributed by atoms with Gasteiger partial charge in [0.05, 0.1) is 6.10 Å². The van der Waals surface area contributed by atoms with E-state index in [0.29, 0.717) is 12.8 Å². The van der Waals surface area contributed by atoms with Crippen molar-refractivity contribution in [3.8, 4) is 0 Å². The largest absolute Gasteiger partial charge is 0.460 e. The second kappa shape index (κ2) is 19.2. The van der Waals surface area contributed by atoms with Crippen molar-refractivity contribution in [2.75, 3.05) is 0 Å². The second-order valence-corrected chi connectivity index (χ2v) is 6.92. The maximum atomic E-state index is 11.5. The smallest absolute Gasteiger partial charge is 0.306 e. The van der Waals surface area contributed by atoms with E-state index in [0.717, 1.165) is 19.3 Å².